The normalized spacial score (nSPS) is 11.1. The molecule has 102 valence electrons. The van der Waals surface area contributed by atoms with Crippen LogP contribution in [0.3, 0.4) is 0 Å². The third-order valence-corrected chi connectivity index (χ3v) is 3.34. The van der Waals surface area contributed by atoms with Gasteiger partial charge in [-0.3, -0.25) is 4.40 Å². The molecule has 5 heteroatoms. The lowest BCUT2D eigenvalue weighted by molar-refractivity contribution is 0.812. The van der Waals surface area contributed by atoms with E-state index in [4.69, 9.17) is 5.73 Å². The number of aryl methyl sites for hydroxylation is 4. The zero-order valence-electron chi connectivity index (χ0n) is 11.7. The molecule has 0 saturated heterocycles. The SMILES string of the molecule is Cc1cc2nnc(CCc3cccc(N)c3)n2c(C)n1. The largest absolute Gasteiger partial charge is 0.399 e. The topological polar surface area (TPSA) is 69.1 Å². The van der Waals surface area contributed by atoms with Gasteiger partial charge in [0.05, 0.1) is 0 Å². The van der Waals surface area contributed by atoms with Crippen LogP contribution in [0, 0.1) is 13.8 Å². The maximum atomic E-state index is 5.80. The Kier molecular flexibility index (Phi) is 3.10. The van der Waals surface area contributed by atoms with Crippen molar-refractivity contribution in [2.45, 2.75) is 26.7 Å². The first-order valence-corrected chi connectivity index (χ1v) is 6.66. The molecule has 0 amide bonds. The molecule has 0 spiro atoms. The van der Waals surface area contributed by atoms with Crippen LogP contribution in [0.25, 0.3) is 5.65 Å². The molecular weight excluding hydrogens is 250 g/mol. The quantitative estimate of drug-likeness (QED) is 0.738. The fourth-order valence-electron chi connectivity index (χ4n) is 2.47. The highest BCUT2D eigenvalue weighted by atomic mass is 15.3. The van der Waals surface area contributed by atoms with E-state index >= 15 is 0 Å². The Morgan fingerprint density at radius 1 is 1.10 bits per heavy atom. The molecule has 0 atom stereocenters. The minimum Gasteiger partial charge on any atom is -0.399 e. The summed E-state index contributed by atoms with van der Waals surface area (Å²) in [4.78, 5) is 4.47. The average molecular weight is 267 g/mol. The molecule has 3 aromatic rings. The first-order valence-electron chi connectivity index (χ1n) is 6.66. The number of anilines is 1. The van der Waals surface area contributed by atoms with Crippen molar-refractivity contribution in [2.24, 2.45) is 0 Å². The molecule has 0 unspecified atom stereocenters. The first-order chi connectivity index (χ1) is 9.63. The lowest BCUT2D eigenvalue weighted by Gasteiger charge is -2.05. The Labute approximate surface area is 117 Å². The van der Waals surface area contributed by atoms with Crippen LogP contribution in [-0.4, -0.2) is 19.6 Å². The number of nitrogens with two attached hydrogens (primary N) is 1. The second kappa shape index (κ2) is 4.92. The second-order valence-electron chi connectivity index (χ2n) is 5.00. The summed E-state index contributed by atoms with van der Waals surface area (Å²) >= 11 is 0. The van der Waals surface area contributed by atoms with Crippen LogP contribution in [-0.2, 0) is 12.8 Å². The standard InChI is InChI=1S/C15H17N5/c1-10-8-15-19-18-14(20(15)11(2)17-10)7-6-12-4-3-5-13(16)9-12/h3-5,8-9H,6-7,16H2,1-2H3. The number of rotatable bonds is 3. The summed E-state index contributed by atoms with van der Waals surface area (Å²) in [6.45, 7) is 3.95. The molecule has 2 N–H and O–H groups in total. The van der Waals surface area contributed by atoms with E-state index in [0.717, 1.165) is 41.5 Å². The van der Waals surface area contributed by atoms with Crippen LogP contribution >= 0.6 is 0 Å². The van der Waals surface area contributed by atoms with Gasteiger partial charge in [0.1, 0.15) is 11.6 Å². The van der Waals surface area contributed by atoms with Crippen molar-refractivity contribution in [1.82, 2.24) is 19.6 Å². The van der Waals surface area contributed by atoms with Gasteiger partial charge < -0.3 is 5.73 Å². The molecule has 1 aromatic carbocycles. The molecule has 0 radical (unpaired) electrons. The Hall–Kier alpha value is -2.43. The Morgan fingerprint density at radius 3 is 2.75 bits per heavy atom. The summed E-state index contributed by atoms with van der Waals surface area (Å²) < 4.78 is 2.01. The smallest absolute Gasteiger partial charge is 0.164 e. The van der Waals surface area contributed by atoms with Gasteiger partial charge in [0.15, 0.2) is 5.65 Å². The first kappa shape index (κ1) is 12.6. The summed E-state index contributed by atoms with van der Waals surface area (Å²) in [7, 11) is 0. The van der Waals surface area contributed by atoms with Gasteiger partial charge in [-0.05, 0) is 38.0 Å². The highest BCUT2D eigenvalue weighted by molar-refractivity contribution is 5.41. The van der Waals surface area contributed by atoms with E-state index in [1.54, 1.807) is 0 Å². The van der Waals surface area contributed by atoms with Gasteiger partial charge in [-0.1, -0.05) is 12.1 Å². The zero-order chi connectivity index (χ0) is 14.1. The molecule has 2 heterocycles. The number of aromatic nitrogens is 4. The molecule has 0 aliphatic carbocycles. The fourth-order valence-corrected chi connectivity index (χ4v) is 2.47. The van der Waals surface area contributed by atoms with Crippen molar-refractivity contribution >= 4 is 11.3 Å². The summed E-state index contributed by atoms with van der Waals surface area (Å²) in [6.07, 6.45) is 1.70. The number of hydrogen-bond acceptors (Lipinski definition) is 4. The lowest BCUT2D eigenvalue weighted by atomic mass is 10.1. The Bertz CT molecular complexity index is 760. The minimum atomic E-state index is 0.794. The van der Waals surface area contributed by atoms with Crippen molar-refractivity contribution < 1.29 is 0 Å². The Balaban J connectivity index is 1.88. The third-order valence-electron chi connectivity index (χ3n) is 3.34. The van der Waals surface area contributed by atoms with Crippen LogP contribution < -0.4 is 5.73 Å². The predicted molar refractivity (Wildman–Crippen MR) is 78.5 cm³/mol. The minimum absolute atomic E-state index is 0.794. The number of hydrogen-bond donors (Lipinski definition) is 1. The van der Waals surface area contributed by atoms with E-state index in [-0.39, 0.29) is 0 Å². The predicted octanol–water partition coefficient (Wildman–Crippen LogP) is 2.11. The molecule has 0 bridgehead atoms. The molecule has 0 saturated carbocycles. The lowest BCUT2D eigenvalue weighted by Crippen LogP contribution is -2.03. The van der Waals surface area contributed by atoms with Crippen LogP contribution in [0.1, 0.15) is 22.9 Å². The summed E-state index contributed by atoms with van der Waals surface area (Å²) in [5, 5.41) is 8.49. The van der Waals surface area contributed by atoms with Gasteiger partial charge in [0.25, 0.3) is 0 Å². The average Bonchev–Trinajstić information content (AvgIpc) is 2.79. The molecule has 0 aliphatic rings. The van der Waals surface area contributed by atoms with Crippen LogP contribution in [0.2, 0.25) is 0 Å². The van der Waals surface area contributed by atoms with E-state index in [1.807, 2.05) is 42.5 Å². The van der Waals surface area contributed by atoms with Crippen LogP contribution in [0.4, 0.5) is 5.69 Å². The molecule has 0 aliphatic heterocycles. The van der Waals surface area contributed by atoms with E-state index in [0.29, 0.717) is 0 Å². The van der Waals surface area contributed by atoms with Gasteiger partial charge >= 0.3 is 0 Å². The molecule has 2 aromatic heterocycles. The maximum Gasteiger partial charge on any atom is 0.164 e. The van der Waals surface area contributed by atoms with Crippen LogP contribution in [0.5, 0.6) is 0 Å². The van der Waals surface area contributed by atoms with E-state index in [2.05, 4.69) is 21.2 Å². The van der Waals surface area contributed by atoms with Gasteiger partial charge in [-0.25, -0.2) is 4.98 Å². The van der Waals surface area contributed by atoms with Gasteiger partial charge in [0, 0.05) is 23.9 Å². The third kappa shape index (κ3) is 2.34. The van der Waals surface area contributed by atoms with Gasteiger partial charge in [0.2, 0.25) is 0 Å². The van der Waals surface area contributed by atoms with Crippen molar-refractivity contribution in [3.05, 3.63) is 53.2 Å². The van der Waals surface area contributed by atoms with E-state index in [9.17, 15) is 0 Å². The summed E-state index contributed by atoms with van der Waals surface area (Å²) in [5.41, 5.74) is 9.62. The maximum absolute atomic E-state index is 5.80. The van der Waals surface area contributed by atoms with E-state index in [1.165, 1.54) is 5.56 Å². The molecule has 20 heavy (non-hydrogen) atoms. The van der Waals surface area contributed by atoms with Crippen molar-refractivity contribution in [3.8, 4) is 0 Å². The second-order valence-corrected chi connectivity index (χ2v) is 5.00. The summed E-state index contributed by atoms with van der Waals surface area (Å²) in [5.74, 6) is 1.86. The fraction of sp³-hybridized carbons (Fsp3) is 0.267. The van der Waals surface area contributed by atoms with Crippen molar-refractivity contribution in [3.63, 3.8) is 0 Å². The number of nitrogen functional groups attached to an aromatic ring is 1. The molecule has 0 fully saturated rings. The molecule has 3 rings (SSSR count). The number of benzene rings is 1. The highest BCUT2D eigenvalue weighted by Gasteiger charge is 2.09. The highest BCUT2D eigenvalue weighted by Crippen LogP contribution is 2.12. The monoisotopic (exact) mass is 267 g/mol. The van der Waals surface area contributed by atoms with Gasteiger partial charge in [-0.15, -0.1) is 10.2 Å². The van der Waals surface area contributed by atoms with E-state index < -0.39 is 0 Å². The van der Waals surface area contributed by atoms with Crippen molar-refractivity contribution in [1.29, 1.82) is 0 Å². The van der Waals surface area contributed by atoms with Crippen molar-refractivity contribution in [2.75, 3.05) is 5.73 Å². The summed E-state index contributed by atoms with van der Waals surface area (Å²) in [6, 6.07) is 9.90. The molecular formula is C15H17N5. The van der Waals surface area contributed by atoms with Gasteiger partial charge in [-0.2, -0.15) is 0 Å². The van der Waals surface area contributed by atoms with Crippen LogP contribution in [0.15, 0.2) is 30.3 Å². The Morgan fingerprint density at radius 2 is 1.95 bits per heavy atom. The number of nitrogens with zero attached hydrogens (tertiary/aromatic N) is 4. The molecule has 5 nitrogen and oxygen atoms in total. The zero-order valence-corrected chi connectivity index (χ0v) is 11.7. The number of fused-ring (bicyclic) bond motifs is 1.